The Morgan fingerprint density at radius 1 is 0.895 bits per heavy atom. The van der Waals surface area contributed by atoms with E-state index in [9.17, 15) is 5.11 Å². The van der Waals surface area contributed by atoms with Gasteiger partial charge in [-0.25, -0.2) is 0 Å². The zero-order valence-corrected chi connectivity index (χ0v) is 10.7. The molecule has 0 radical (unpaired) electrons. The van der Waals surface area contributed by atoms with Crippen molar-refractivity contribution in [2.75, 3.05) is 21.3 Å². The van der Waals surface area contributed by atoms with Crippen molar-refractivity contribution in [2.24, 2.45) is 0 Å². The minimum Gasteiger partial charge on any atom is -0.507 e. The van der Waals surface area contributed by atoms with Crippen LogP contribution in [0.3, 0.4) is 0 Å². The summed E-state index contributed by atoms with van der Waals surface area (Å²) < 4.78 is 15.0. The zero-order chi connectivity index (χ0) is 13.8. The minimum atomic E-state index is 0.0242. The Morgan fingerprint density at radius 2 is 1.53 bits per heavy atom. The van der Waals surface area contributed by atoms with Crippen molar-refractivity contribution < 1.29 is 19.3 Å². The van der Waals surface area contributed by atoms with E-state index in [4.69, 9.17) is 14.2 Å². The lowest BCUT2D eigenvalue weighted by molar-refractivity contribution is 0.341. The number of aromatic nitrogens is 3. The molecule has 0 spiro atoms. The van der Waals surface area contributed by atoms with Gasteiger partial charge in [0.05, 0.1) is 26.9 Å². The van der Waals surface area contributed by atoms with Gasteiger partial charge >= 0.3 is 12.0 Å². The lowest BCUT2D eigenvalue weighted by Crippen LogP contribution is -2.01. The van der Waals surface area contributed by atoms with Crippen LogP contribution in [0.25, 0.3) is 11.4 Å². The summed E-state index contributed by atoms with van der Waals surface area (Å²) in [6.07, 6.45) is 0. The van der Waals surface area contributed by atoms with Gasteiger partial charge in [-0.3, -0.25) is 0 Å². The Bertz CT molecular complexity index is 567. The summed E-state index contributed by atoms with van der Waals surface area (Å²) in [7, 11) is 4.40. The maximum absolute atomic E-state index is 9.87. The smallest absolute Gasteiger partial charge is 0.322 e. The predicted molar refractivity (Wildman–Crippen MR) is 66.6 cm³/mol. The molecular weight excluding hydrogens is 250 g/mol. The number of ether oxygens (including phenoxy) is 3. The summed E-state index contributed by atoms with van der Waals surface area (Å²) >= 11 is 0. The lowest BCUT2D eigenvalue weighted by Gasteiger charge is -2.08. The third kappa shape index (κ3) is 2.65. The van der Waals surface area contributed by atoms with E-state index in [1.807, 2.05) is 0 Å². The van der Waals surface area contributed by atoms with Crippen molar-refractivity contribution in [2.45, 2.75) is 0 Å². The van der Waals surface area contributed by atoms with Gasteiger partial charge in [-0.15, -0.1) is 4.98 Å². The van der Waals surface area contributed by atoms with E-state index < -0.39 is 0 Å². The number of aromatic hydroxyl groups is 1. The monoisotopic (exact) mass is 263 g/mol. The molecule has 7 heteroatoms. The number of rotatable bonds is 4. The fourth-order valence-corrected chi connectivity index (χ4v) is 1.46. The Labute approximate surface area is 109 Å². The van der Waals surface area contributed by atoms with E-state index in [1.54, 1.807) is 12.1 Å². The second kappa shape index (κ2) is 5.38. The van der Waals surface area contributed by atoms with E-state index in [-0.39, 0.29) is 23.6 Å². The first kappa shape index (κ1) is 12.9. The molecule has 0 aliphatic heterocycles. The van der Waals surface area contributed by atoms with Crippen molar-refractivity contribution in [3.8, 4) is 34.9 Å². The van der Waals surface area contributed by atoms with E-state index in [0.29, 0.717) is 11.3 Å². The quantitative estimate of drug-likeness (QED) is 0.888. The van der Waals surface area contributed by atoms with E-state index >= 15 is 0 Å². The molecule has 19 heavy (non-hydrogen) atoms. The number of nitrogens with zero attached hydrogens (tertiary/aromatic N) is 3. The van der Waals surface area contributed by atoms with Gasteiger partial charge in [-0.2, -0.15) is 9.97 Å². The minimum absolute atomic E-state index is 0.0242. The van der Waals surface area contributed by atoms with Crippen molar-refractivity contribution >= 4 is 0 Å². The van der Waals surface area contributed by atoms with Crippen molar-refractivity contribution in [1.82, 2.24) is 15.0 Å². The number of phenols is 1. The van der Waals surface area contributed by atoms with Crippen LogP contribution in [0.2, 0.25) is 0 Å². The van der Waals surface area contributed by atoms with Crippen LogP contribution in [0.1, 0.15) is 0 Å². The zero-order valence-electron chi connectivity index (χ0n) is 10.7. The molecule has 100 valence electrons. The van der Waals surface area contributed by atoms with Crippen molar-refractivity contribution in [3.05, 3.63) is 18.2 Å². The van der Waals surface area contributed by atoms with Crippen molar-refractivity contribution in [1.29, 1.82) is 0 Å². The van der Waals surface area contributed by atoms with Crippen LogP contribution >= 0.6 is 0 Å². The fraction of sp³-hybridized carbons (Fsp3) is 0.250. The van der Waals surface area contributed by atoms with Gasteiger partial charge in [-0.05, 0) is 18.2 Å². The van der Waals surface area contributed by atoms with Gasteiger partial charge in [0.1, 0.15) is 11.5 Å². The average molecular weight is 263 g/mol. The second-order valence-corrected chi connectivity index (χ2v) is 3.52. The normalized spacial score (nSPS) is 10.1. The fourth-order valence-electron chi connectivity index (χ4n) is 1.46. The van der Waals surface area contributed by atoms with Crippen LogP contribution in [0.4, 0.5) is 0 Å². The van der Waals surface area contributed by atoms with Gasteiger partial charge < -0.3 is 19.3 Å². The van der Waals surface area contributed by atoms with Gasteiger partial charge in [0, 0.05) is 0 Å². The number of methoxy groups -OCH3 is 3. The summed E-state index contributed by atoms with van der Waals surface area (Å²) in [5, 5.41) is 9.87. The lowest BCUT2D eigenvalue weighted by atomic mass is 10.2. The summed E-state index contributed by atoms with van der Waals surface area (Å²) in [5.74, 6) is 0.836. The van der Waals surface area contributed by atoms with Gasteiger partial charge in [0.25, 0.3) is 0 Å². The molecule has 0 amide bonds. The first-order valence-corrected chi connectivity index (χ1v) is 5.39. The average Bonchev–Trinajstić information content (AvgIpc) is 2.47. The van der Waals surface area contributed by atoms with Crippen molar-refractivity contribution in [3.63, 3.8) is 0 Å². The highest BCUT2D eigenvalue weighted by Gasteiger charge is 2.13. The van der Waals surface area contributed by atoms with E-state index in [1.165, 1.54) is 27.4 Å². The third-order valence-corrected chi connectivity index (χ3v) is 2.40. The Morgan fingerprint density at radius 3 is 2.05 bits per heavy atom. The topological polar surface area (TPSA) is 86.6 Å². The molecule has 0 saturated carbocycles. The van der Waals surface area contributed by atoms with Gasteiger partial charge in [0.2, 0.25) is 0 Å². The van der Waals surface area contributed by atoms with Gasteiger partial charge in [0.15, 0.2) is 5.82 Å². The van der Waals surface area contributed by atoms with Crippen LogP contribution in [0.5, 0.6) is 23.5 Å². The predicted octanol–water partition coefficient (Wildman–Crippen LogP) is 1.27. The summed E-state index contributed by atoms with van der Waals surface area (Å²) in [4.78, 5) is 12.0. The first-order chi connectivity index (χ1) is 9.17. The Hall–Kier alpha value is -2.57. The summed E-state index contributed by atoms with van der Waals surface area (Å²) in [6.45, 7) is 0. The first-order valence-electron chi connectivity index (χ1n) is 5.39. The molecule has 0 unspecified atom stereocenters. The number of phenolic OH excluding ortho intramolecular Hbond substituents is 1. The number of hydrogen-bond acceptors (Lipinski definition) is 7. The van der Waals surface area contributed by atoms with Crippen LogP contribution in [0, 0.1) is 0 Å². The Balaban J connectivity index is 2.57. The molecule has 0 aliphatic rings. The molecule has 0 atom stereocenters. The van der Waals surface area contributed by atoms with E-state index in [2.05, 4.69) is 15.0 Å². The molecule has 2 rings (SSSR count). The highest BCUT2D eigenvalue weighted by Crippen LogP contribution is 2.31. The number of benzene rings is 1. The molecule has 0 saturated heterocycles. The molecule has 1 heterocycles. The molecule has 2 aromatic rings. The molecule has 0 bridgehead atoms. The van der Waals surface area contributed by atoms with Crippen LogP contribution in [0.15, 0.2) is 18.2 Å². The molecule has 0 aliphatic carbocycles. The molecule has 0 fully saturated rings. The van der Waals surface area contributed by atoms with E-state index in [0.717, 1.165) is 0 Å². The standard InChI is InChI=1S/C12H13N3O4/c1-17-7-4-5-9(16)8(6-7)10-13-11(18-2)15-12(14-10)19-3/h4-6,16H,1-3H3. The molecule has 1 N–H and O–H groups in total. The van der Waals surface area contributed by atoms with Crippen LogP contribution < -0.4 is 14.2 Å². The third-order valence-electron chi connectivity index (χ3n) is 2.40. The highest BCUT2D eigenvalue weighted by molar-refractivity contribution is 5.66. The molecule has 1 aromatic carbocycles. The van der Waals surface area contributed by atoms with Crippen LogP contribution in [-0.4, -0.2) is 41.4 Å². The maximum atomic E-state index is 9.87. The van der Waals surface area contributed by atoms with Crippen LogP contribution in [-0.2, 0) is 0 Å². The van der Waals surface area contributed by atoms with Gasteiger partial charge in [-0.1, -0.05) is 0 Å². The largest absolute Gasteiger partial charge is 0.507 e. The summed E-state index contributed by atoms with van der Waals surface area (Å²) in [6, 6.07) is 4.95. The number of hydrogen-bond donors (Lipinski definition) is 1. The maximum Gasteiger partial charge on any atom is 0.322 e. The second-order valence-electron chi connectivity index (χ2n) is 3.52. The highest BCUT2D eigenvalue weighted by atomic mass is 16.5. The SMILES string of the molecule is COc1ccc(O)c(-c2nc(OC)nc(OC)n2)c1. The molecule has 7 nitrogen and oxygen atoms in total. The molecular formula is C12H13N3O4. The Kier molecular flexibility index (Phi) is 3.65. The summed E-state index contributed by atoms with van der Waals surface area (Å²) in [5.41, 5.74) is 0.401. The molecule has 1 aromatic heterocycles.